The normalized spacial score (nSPS) is 11.0. The SMILES string of the molecule is CCCS(=O)(=O)Nc1ccccc1C(=O)OCC. The van der Waals surface area contributed by atoms with Crippen LogP contribution in [0, 0.1) is 0 Å². The van der Waals surface area contributed by atoms with Gasteiger partial charge in [-0.05, 0) is 25.5 Å². The van der Waals surface area contributed by atoms with Crippen LogP contribution in [0.5, 0.6) is 0 Å². The fourth-order valence-corrected chi connectivity index (χ4v) is 2.60. The van der Waals surface area contributed by atoms with Crippen molar-refractivity contribution in [3.8, 4) is 0 Å². The molecule has 0 bridgehead atoms. The molecule has 18 heavy (non-hydrogen) atoms. The van der Waals surface area contributed by atoms with E-state index in [-0.39, 0.29) is 23.6 Å². The second-order valence-electron chi connectivity index (χ2n) is 3.69. The average molecular weight is 271 g/mol. The Labute approximate surface area is 107 Å². The summed E-state index contributed by atoms with van der Waals surface area (Å²) >= 11 is 0. The zero-order valence-corrected chi connectivity index (χ0v) is 11.3. The van der Waals surface area contributed by atoms with E-state index in [9.17, 15) is 13.2 Å². The Morgan fingerprint density at radius 3 is 2.56 bits per heavy atom. The minimum atomic E-state index is -3.41. The first-order valence-corrected chi connectivity index (χ1v) is 7.42. The van der Waals surface area contributed by atoms with E-state index in [0.717, 1.165) is 0 Å². The molecule has 0 fully saturated rings. The van der Waals surface area contributed by atoms with Gasteiger partial charge in [0.2, 0.25) is 10.0 Å². The van der Waals surface area contributed by atoms with E-state index in [0.29, 0.717) is 6.42 Å². The summed E-state index contributed by atoms with van der Waals surface area (Å²) in [6.07, 6.45) is 0.511. The second kappa shape index (κ2) is 6.39. The molecule has 0 radical (unpaired) electrons. The van der Waals surface area contributed by atoms with Gasteiger partial charge in [0.1, 0.15) is 0 Å². The summed E-state index contributed by atoms with van der Waals surface area (Å²) in [4.78, 5) is 11.7. The van der Waals surface area contributed by atoms with Crippen molar-refractivity contribution in [2.45, 2.75) is 20.3 Å². The summed E-state index contributed by atoms with van der Waals surface area (Å²) < 4.78 is 30.6. The molecule has 1 aromatic rings. The third kappa shape index (κ3) is 4.03. The molecule has 0 atom stereocenters. The minimum absolute atomic E-state index is 0.0180. The molecule has 0 heterocycles. The maximum Gasteiger partial charge on any atom is 0.340 e. The van der Waals surface area contributed by atoms with Crippen molar-refractivity contribution in [2.75, 3.05) is 17.1 Å². The van der Waals surface area contributed by atoms with Gasteiger partial charge in [-0.1, -0.05) is 19.1 Å². The molecule has 0 aliphatic rings. The van der Waals surface area contributed by atoms with Crippen molar-refractivity contribution >= 4 is 21.7 Å². The van der Waals surface area contributed by atoms with Crippen LogP contribution in [-0.4, -0.2) is 26.7 Å². The van der Waals surface area contributed by atoms with Crippen LogP contribution in [0.3, 0.4) is 0 Å². The monoisotopic (exact) mass is 271 g/mol. The summed E-state index contributed by atoms with van der Waals surface area (Å²) in [6, 6.07) is 6.39. The van der Waals surface area contributed by atoms with E-state index in [4.69, 9.17) is 4.74 Å². The van der Waals surface area contributed by atoms with Gasteiger partial charge < -0.3 is 4.74 Å². The Bertz CT molecular complexity index is 511. The van der Waals surface area contributed by atoms with Crippen molar-refractivity contribution in [3.05, 3.63) is 29.8 Å². The molecule has 1 N–H and O–H groups in total. The number of carbonyl (C=O) groups excluding carboxylic acids is 1. The van der Waals surface area contributed by atoms with Crippen molar-refractivity contribution in [2.24, 2.45) is 0 Å². The summed E-state index contributed by atoms with van der Waals surface area (Å²) in [5.74, 6) is -0.517. The number of esters is 1. The Morgan fingerprint density at radius 1 is 1.28 bits per heavy atom. The lowest BCUT2D eigenvalue weighted by Crippen LogP contribution is -2.18. The summed E-state index contributed by atoms with van der Waals surface area (Å²) in [5, 5.41) is 0. The largest absolute Gasteiger partial charge is 0.462 e. The molecule has 1 aromatic carbocycles. The van der Waals surface area contributed by atoms with Crippen LogP contribution >= 0.6 is 0 Å². The predicted octanol–water partition coefficient (Wildman–Crippen LogP) is 2.02. The lowest BCUT2D eigenvalue weighted by Gasteiger charge is -2.11. The molecule has 100 valence electrons. The van der Waals surface area contributed by atoms with Crippen molar-refractivity contribution in [1.29, 1.82) is 0 Å². The van der Waals surface area contributed by atoms with Gasteiger partial charge in [0.15, 0.2) is 0 Å². The molecule has 6 heteroatoms. The number of hydrogen-bond donors (Lipinski definition) is 1. The Balaban J connectivity index is 2.99. The number of benzene rings is 1. The molecule has 0 aliphatic heterocycles. The second-order valence-corrected chi connectivity index (χ2v) is 5.53. The number of hydrogen-bond acceptors (Lipinski definition) is 4. The maximum atomic E-state index is 11.7. The fourth-order valence-electron chi connectivity index (χ4n) is 1.45. The van der Waals surface area contributed by atoms with Crippen LogP contribution in [-0.2, 0) is 14.8 Å². The number of para-hydroxylation sites is 1. The van der Waals surface area contributed by atoms with Crippen LogP contribution in [0.25, 0.3) is 0 Å². The first kappa shape index (κ1) is 14.5. The zero-order valence-electron chi connectivity index (χ0n) is 10.5. The highest BCUT2D eigenvalue weighted by Gasteiger charge is 2.16. The van der Waals surface area contributed by atoms with Crippen molar-refractivity contribution < 1.29 is 17.9 Å². The smallest absolute Gasteiger partial charge is 0.340 e. The fraction of sp³-hybridized carbons (Fsp3) is 0.417. The van der Waals surface area contributed by atoms with Crippen molar-refractivity contribution in [1.82, 2.24) is 0 Å². The van der Waals surface area contributed by atoms with Gasteiger partial charge in [0.25, 0.3) is 0 Å². The highest BCUT2D eigenvalue weighted by atomic mass is 32.2. The van der Waals surface area contributed by atoms with E-state index < -0.39 is 16.0 Å². The van der Waals surface area contributed by atoms with Crippen LogP contribution < -0.4 is 4.72 Å². The topological polar surface area (TPSA) is 72.5 Å². The van der Waals surface area contributed by atoms with E-state index in [1.165, 1.54) is 6.07 Å². The predicted molar refractivity (Wildman–Crippen MR) is 70.1 cm³/mol. The molecular formula is C12H17NO4S. The van der Waals surface area contributed by atoms with Crippen LogP contribution in [0.15, 0.2) is 24.3 Å². The van der Waals surface area contributed by atoms with Crippen LogP contribution in [0.2, 0.25) is 0 Å². The Kier molecular flexibility index (Phi) is 5.15. The molecule has 0 saturated carbocycles. The van der Waals surface area contributed by atoms with Gasteiger partial charge in [-0.15, -0.1) is 0 Å². The van der Waals surface area contributed by atoms with Gasteiger partial charge in [-0.2, -0.15) is 0 Å². The maximum absolute atomic E-state index is 11.7. The summed E-state index contributed by atoms with van der Waals surface area (Å²) in [5.41, 5.74) is 0.475. The van der Waals surface area contributed by atoms with Gasteiger partial charge in [-0.25, -0.2) is 13.2 Å². The van der Waals surface area contributed by atoms with Gasteiger partial charge in [0, 0.05) is 0 Å². The third-order valence-corrected chi connectivity index (χ3v) is 3.64. The summed E-state index contributed by atoms with van der Waals surface area (Å²) in [6.45, 7) is 3.72. The Morgan fingerprint density at radius 2 is 1.94 bits per heavy atom. The number of carbonyl (C=O) groups is 1. The molecular weight excluding hydrogens is 254 g/mol. The van der Waals surface area contributed by atoms with Crippen molar-refractivity contribution in [3.63, 3.8) is 0 Å². The number of nitrogens with one attached hydrogen (secondary N) is 1. The lowest BCUT2D eigenvalue weighted by molar-refractivity contribution is 0.0527. The molecule has 1 rings (SSSR count). The quantitative estimate of drug-likeness (QED) is 0.803. The first-order valence-electron chi connectivity index (χ1n) is 5.76. The average Bonchev–Trinajstić information content (AvgIpc) is 2.29. The van der Waals surface area contributed by atoms with Crippen LogP contribution in [0.1, 0.15) is 30.6 Å². The zero-order chi connectivity index (χ0) is 13.6. The Hall–Kier alpha value is -1.56. The standard InChI is InChI=1S/C12H17NO4S/c1-3-9-18(15,16)13-11-8-6-5-7-10(11)12(14)17-4-2/h5-8,13H,3-4,9H2,1-2H3. The molecule has 5 nitrogen and oxygen atoms in total. The third-order valence-electron chi connectivity index (χ3n) is 2.16. The first-order chi connectivity index (χ1) is 8.50. The minimum Gasteiger partial charge on any atom is -0.462 e. The highest BCUT2D eigenvalue weighted by molar-refractivity contribution is 7.92. The molecule has 0 aromatic heterocycles. The molecule has 0 spiro atoms. The molecule has 0 aliphatic carbocycles. The number of ether oxygens (including phenoxy) is 1. The molecule has 0 unspecified atom stereocenters. The van der Waals surface area contributed by atoms with E-state index in [1.54, 1.807) is 32.0 Å². The van der Waals surface area contributed by atoms with Gasteiger partial charge >= 0.3 is 5.97 Å². The van der Waals surface area contributed by atoms with Crippen LogP contribution in [0.4, 0.5) is 5.69 Å². The molecule has 0 amide bonds. The number of anilines is 1. The van der Waals surface area contributed by atoms with E-state index in [2.05, 4.69) is 4.72 Å². The highest BCUT2D eigenvalue weighted by Crippen LogP contribution is 2.18. The summed E-state index contributed by atoms with van der Waals surface area (Å²) in [7, 11) is -3.41. The number of sulfonamides is 1. The van der Waals surface area contributed by atoms with Gasteiger partial charge in [-0.3, -0.25) is 4.72 Å². The number of rotatable bonds is 6. The molecule has 0 saturated heterocycles. The van der Waals surface area contributed by atoms with E-state index >= 15 is 0 Å². The lowest BCUT2D eigenvalue weighted by atomic mass is 10.2. The van der Waals surface area contributed by atoms with E-state index in [1.807, 2.05) is 0 Å². The van der Waals surface area contributed by atoms with Gasteiger partial charge in [0.05, 0.1) is 23.6 Å².